The van der Waals surface area contributed by atoms with Gasteiger partial charge < -0.3 is 4.42 Å². The van der Waals surface area contributed by atoms with E-state index in [9.17, 15) is 4.79 Å². The van der Waals surface area contributed by atoms with E-state index in [0.29, 0.717) is 16.6 Å². The van der Waals surface area contributed by atoms with E-state index in [1.54, 1.807) is 12.1 Å². The van der Waals surface area contributed by atoms with Crippen LogP contribution in [-0.4, -0.2) is 16.1 Å². The first-order chi connectivity index (χ1) is 8.69. The molecular weight excluding hydrogens is 274 g/mol. The van der Waals surface area contributed by atoms with Gasteiger partial charge in [0.25, 0.3) is 5.89 Å². The van der Waals surface area contributed by atoms with Crippen molar-refractivity contribution >= 4 is 34.9 Å². The summed E-state index contributed by atoms with van der Waals surface area (Å²) in [6.45, 7) is 2.03. The summed E-state index contributed by atoms with van der Waals surface area (Å²) in [5.74, 6) is 0.244. The molecule has 0 aromatic carbocycles. The SMILES string of the molecule is CCCCC(=O)Nc1nnc(-c2ccc(Cl)s2)o1. The van der Waals surface area contributed by atoms with Crippen molar-refractivity contribution in [1.82, 2.24) is 10.2 Å². The number of hydrogen-bond donors (Lipinski definition) is 1. The number of thiophene rings is 1. The predicted molar refractivity (Wildman–Crippen MR) is 70.8 cm³/mol. The standard InChI is InChI=1S/C11H12ClN3O2S/c1-2-3-4-9(16)13-11-15-14-10(17-11)7-5-6-8(12)18-7/h5-6H,2-4H2,1H3,(H,13,15,16). The maximum atomic E-state index is 11.5. The molecule has 0 spiro atoms. The largest absolute Gasteiger partial charge is 0.402 e. The lowest BCUT2D eigenvalue weighted by Gasteiger charge is -1.97. The van der Waals surface area contributed by atoms with Crippen molar-refractivity contribution in [2.75, 3.05) is 5.32 Å². The summed E-state index contributed by atoms with van der Waals surface area (Å²) in [7, 11) is 0. The Kier molecular flexibility index (Phi) is 4.33. The van der Waals surface area contributed by atoms with E-state index in [-0.39, 0.29) is 11.9 Å². The van der Waals surface area contributed by atoms with Crippen LogP contribution in [0.15, 0.2) is 16.5 Å². The zero-order chi connectivity index (χ0) is 13.0. The number of carbonyl (C=O) groups excluding carboxylic acids is 1. The summed E-state index contributed by atoms with van der Waals surface area (Å²) in [4.78, 5) is 12.2. The summed E-state index contributed by atoms with van der Waals surface area (Å²) in [6, 6.07) is 3.67. The highest BCUT2D eigenvalue weighted by Gasteiger charge is 2.12. The number of hydrogen-bond acceptors (Lipinski definition) is 5. The van der Waals surface area contributed by atoms with Crippen LogP contribution in [0.25, 0.3) is 10.8 Å². The Morgan fingerprint density at radius 1 is 1.50 bits per heavy atom. The van der Waals surface area contributed by atoms with Gasteiger partial charge >= 0.3 is 6.01 Å². The molecule has 1 amide bonds. The van der Waals surface area contributed by atoms with Crippen molar-refractivity contribution in [2.45, 2.75) is 26.2 Å². The molecular formula is C11H12ClN3O2S. The quantitative estimate of drug-likeness (QED) is 0.912. The lowest BCUT2D eigenvalue weighted by molar-refractivity contribution is -0.116. The van der Waals surface area contributed by atoms with Crippen LogP contribution < -0.4 is 5.32 Å². The van der Waals surface area contributed by atoms with Gasteiger partial charge in [-0.25, -0.2) is 0 Å². The first-order valence-electron chi connectivity index (χ1n) is 5.58. The van der Waals surface area contributed by atoms with E-state index < -0.39 is 0 Å². The normalized spacial score (nSPS) is 10.6. The van der Waals surface area contributed by atoms with Gasteiger partial charge in [-0.15, -0.1) is 16.4 Å². The molecule has 0 aliphatic rings. The molecule has 96 valence electrons. The highest BCUT2D eigenvalue weighted by molar-refractivity contribution is 7.19. The van der Waals surface area contributed by atoms with Crippen LogP contribution in [-0.2, 0) is 4.79 Å². The Bertz CT molecular complexity index is 538. The van der Waals surface area contributed by atoms with E-state index in [1.807, 2.05) is 6.92 Å². The minimum Gasteiger partial charge on any atom is -0.402 e. The number of rotatable bonds is 5. The third kappa shape index (κ3) is 3.30. The Hall–Kier alpha value is -1.40. The molecule has 18 heavy (non-hydrogen) atoms. The average molecular weight is 286 g/mol. The molecule has 1 N–H and O–H groups in total. The van der Waals surface area contributed by atoms with Crippen LogP contribution in [0.5, 0.6) is 0 Å². The number of aromatic nitrogens is 2. The van der Waals surface area contributed by atoms with Gasteiger partial charge in [-0.05, 0) is 18.6 Å². The Labute approximate surface area is 113 Å². The zero-order valence-corrected chi connectivity index (χ0v) is 11.3. The van der Waals surface area contributed by atoms with Crippen LogP contribution in [0.3, 0.4) is 0 Å². The topological polar surface area (TPSA) is 68.0 Å². The van der Waals surface area contributed by atoms with Crippen molar-refractivity contribution in [3.8, 4) is 10.8 Å². The number of unbranched alkanes of at least 4 members (excludes halogenated alkanes) is 1. The second kappa shape index (κ2) is 5.97. The van der Waals surface area contributed by atoms with Crippen LogP contribution in [0.4, 0.5) is 6.01 Å². The van der Waals surface area contributed by atoms with Gasteiger partial charge in [-0.3, -0.25) is 10.1 Å². The fourth-order valence-electron chi connectivity index (χ4n) is 1.32. The van der Waals surface area contributed by atoms with E-state index in [0.717, 1.165) is 17.7 Å². The Balaban J connectivity index is 2.00. The number of amides is 1. The molecule has 0 radical (unpaired) electrons. The number of nitrogens with one attached hydrogen (secondary N) is 1. The highest BCUT2D eigenvalue weighted by atomic mass is 35.5. The van der Waals surface area contributed by atoms with Crippen molar-refractivity contribution in [2.24, 2.45) is 0 Å². The minimum atomic E-state index is -0.115. The summed E-state index contributed by atoms with van der Waals surface area (Å²) in [5, 5.41) is 10.2. The molecule has 0 fully saturated rings. The third-order valence-corrected chi connectivity index (χ3v) is 3.43. The molecule has 0 saturated heterocycles. The maximum Gasteiger partial charge on any atom is 0.322 e. The molecule has 0 atom stereocenters. The van der Waals surface area contributed by atoms with Gasteiger partial charge in [0.2, 0.25) is 5.91 Å². The fourth-order valence-corrected chi connectivity index (χ4v) is 2.29. The van der Waals surface area contributed by atoms with Crippen molar-refractivity contribution < 1.29 is 9.21 Å². The second-order valence-corrected chi connectivity index (χ2v) is 5.38. The maximum absolute atomic E-state index is 11.5. The first kappa shape index (κ1) is 13.0. The Morgan fingerprint density at radius 3 is 3.00 bits per heavy atom. The second-order valence-electron chi connectivity index (χ2n) is 3.67. The molecule has 7 heteroatoms. The van der Waals surface area contributed by atoms with Crippen molar-refractivity contribution in [3.05, 3.63) is 16.5 Å². The lowest BCUT2D eigenvalue weighted by Crippen LogP contribution is -2.11. The summed E-state index contributed by atoms with van der Waals surface area (Å²) < 4.78 is 5.98. The molecule has 5 nitrogen and oxygen atoms in total. The van der Waals surface area contributed by atoms with Crippen molar-refractivity contribution in [3.63, 3.8) is 0 Å². The van der Waals surface area contributed by atoms with E-state index >= 15 is 0 Å². The molecule has 0 bridgehead atoms. The smallest absolute Gasteiger partial charge is 0.322 e. The Morgan fingerprint density at radius 2 is 2.33 bits per heavy atom. The summed E-state index contributed by atoms with van der Waals surface area (Å²) >= 11 is 7.16. The van der Waals surface area contributed by atoms with Crippen LogP contribution in [0.2, 0.25) is 4.34 Å². The van der Waals surface area contributed by atoms with Gasteiger partial charge in [0.15, 0.2) is 0 Å². The fraction of sp³-hybridized carbons (Fsp3) is 0.364. The van der Waals surface area contributed by atoms with E-state index in [2.05, 4.69) is 15.5 Å². The number of halogens is 1. The van der Waals surface area contributed by atoms with Crippen molar-refractivity contribution in [1.29, 1.82) is 0 Å². The molecule has 0 saturated carbocycles. The van der Waals surface area contributed by atoms with Crippen LogP contribution in [0, 0.1) is 0 Å². The van der Waals surface area contributed by atoms with Gasteiger partial charge in [0.05, 0.1) is 9.21 Å². The minimum absolute atomic E-state index is 0.115. The zero-order valence-electron chi connectivity index (χ0n) is 9.77. The third-order valence-electron chi connectivity index (χ3n) is 2.21. The summed E-state index contributed by atoms with van der Waals surface area (Å²) in [5.41, 5.74) is 0. The lowest BCUT2D eigenvalue weighted by atomic mass is 10.2. The van der Waals surface area contributed by atoms with Gasteiger partial charge in [0.1, 0.15) is 0 Å². The van der Waals surface area contributed by atoms with Gasteiger partial charge in [0, 0.05) is 6.42 Å². The van der Waals surface area contributed by atoms with E-state index in [1.165, 1.54) is 11.3 Å². The predicted octanol–water partition coefficient (Wildman–Crippen LogP) is 3.58. The molecule has 0 aliphatic heterocycles. The monoisotopic (exact) mass is 285 g/mol. The number of carbonyl (C=O) groups is 1. The molecule has 2 heterocycles. The summed E-state index contributed by atoms with van der Waals surface area (Å²) in [6.07, 6.45) is 2.27. The number of anilines is 1. The van der Waals surface area contributed by atoms with Crippen LogP contribution >= 0.6 is 22.9 Å². The van der Waals surface area contributed by atoms with Gasteiger partial charge in [-0.1, -0.05) is 30.0 Å². The molecule has 2 rings (SSSR count). The van der Waals surface area contributed by atoms with E-state index in [4.69, 9.17) is 16.0 Å². The average Bonchev–Trinajstić information content (AvgIpc) is 2.95. The molecule has 2 aromatic rings. The number of nitrogens with zero attached hydrogens (tertiary/aromatic N) is 2. The molecule has 0 aliphatic carbocycles. The van der Waals surface area contributed by atoms with Crippen LogP contribution in [0.1, 0.15) is 26.2 Å². The van der Waals surface area contributed by atoms with Gasteiger partial charge in [-0.2, -0.15) is 0 Å². The first-order valence-corrected chi connectivity index (χ1v) is 6.77. The molecule has 2 aromatic heterocycles. The highest BCUT2D eigenvalue weighted by Crippen LogP contribution is 2.30. The molecule has 0 unspecified atom stereocenters.